The maximum atomic E-state index is 14.1. The molecule has 0 saturated carbocycles. The van der Waals surface area contributed by atoms with Crippen LogP contribution in [0.3, 0.4) is 0 Å². The van der Waals surface area contributed by atoms with E-state index in [9.17, 15) is 22.4 Å². The Balaban J connectivity index is 1.64. The first kappa shape index (κ1) is 21.1. The van der Waals surface area contributed by atoms with Crippen molar-refractivity contribution in [3.63, 3.8) is 0 Å². The number of benzene rings is 2. The van der Waals surface area contributed by atoms with Crippen LogP contribution in [0, 0.1) is 5.82 Å². The number of carbonyl (C=O) groups excluding carboxylic acids is 1. The highest BCUT2D eigenvalue weighted by atomic mass is 19.4. The Morgan fingerprint density at radius 1 is 1.09 bits per heavy atom. The van der Waals surface area contributed by atoms with E-state index < -0.39 is 23.5 Å². The maximum absolute atomic E-state index is 14.1. The molecule has 164 valence electrons. The average Bonchev–Trinajstić information content (AvgIpc) is 3.03. The molecule has 4 aromatic rings. The van der Waals surface area contributed by atoms with Crippen LogP contribution in [-0.4, -0.2) is 20.4 Å². The van der Waals surface area contributed by atoms with Gasteiger partial charge >= 0.3 is 6.18 Å². The summed E-state index contributed by atoms with van der Waals surface area (Å²) in [6.07, 6.45) is -3.23. The summed E-state index contributed by atoms with van der Waals surface area (Å²) in [7, 11) is 1.63. The van der Waals surface area contributed by atoms with Gasteiger partial charge in [0.15, 0.2) is 0 Å². The van der Waals surface area contributed by atoms with Crippen molar-refractivity contribution < 1.29 is 27.1 Å². The summed E-state index contributed by atoms with van der Waals surface area (Å²) < 4.78 is 60.3. The molecular formula is C21H15F4N5O2. The van der Waals surface area contributed by atoms with Gasteiger partial charge in [-0.1, -0.05) is 0 Å². The largest absolute Gasteiger partial charge is 0.457 e. The summed E-state index contributed by atoms with van der Waals surface area (Å²) in [5, 5.41) is 2.61. The zero-order valence-corrected chi connectivity index (χ0v) is 16.4. The zero-order valence-electron chi connectivity index (χ0n) is 16.4. The summed E-state index contributed by atoms with van der Waals surface area (Å²) in [5.41, 5.74) is 4.98. The second-order valence-corrected chi connectivity index (χ2v) is 6.81. The Morgan fingerprint density at radius 3 is 2.56 bits per heavy atom. The number of anilines is 2. The monoisotopic (exact) mass is 445 g/mol. The summed E-state index contributed by atoms with van der Waals surface area (Å²) >= 11 is 0. The number of carbonyl (C=O) groups is 1. The smallest absolute Gasteiger partial charge is 0.416 e. The van der Waals surface area contributed by atoms with E-state index in [-0.39, 0.29) is 17.3 Å². The highest BCUT2D eigenvalue weighted by molar-refractivity contribution is 5.91. The van der Waals surface area contributed by atoms with Gasteiger partial charge in [-0.15, -0.1) is 0 Å². The molecule has 2 heterocycles. The van der Waals surface area contributed by atoms with Gasteiger partial charge < -0.3 is 20.4 Å². The highest BCUT2D eigenvalue weighted by Crippen LogP contribution is 2.33. The number of ether oxygens (including phenoxy) is 1. The SMILES string of the molecule is Cn1c(Nc2cc(C(F)(F)F)ccc2F)nc2cc(Oc3ccnc(C(N)=O)c3)ccc21. The van der Waals surface area contributed by atoms with Gasteiger partial charge in [-0.25, -0.2) is 9.37 Å². The Bertz CT molecular complexity index is 1330. The molecule has 0 atom stereocenters. The van der Waals surface area contributed by atoms with E-state index in [1.807, 2.05) is 0 Å². The lowest BCUT2D eigenvalue weighted by Crippen LogP contribution is -2.12. The number of rotatable bonds is 5. The number of alkyl halides is 3. The summed E-state index contributed by atoms with van der Waals surface area (Å²) in [6, 6.07) is 9.93. The van der Waals surface area contributed by atoms with E-state index in [1.54, 1.807) is 35.9 Å². The molecule has 0 radical (unpaired) electrons. The molecule has 0 spiro atoms. The molecule has 7 nitrogen and oxygen atoms in total. The standard InChI is InChI=1S/C21H15F4N5O2/c1-30-18-5-3-12(32-13-6-7-27-17(10-13)19(26)31)9-16(18)29-20(30)28-15-8-11(21(23,24)25)2-4-14(15)22/h2-10H,1H3,(H2,26,31)(H,28,29). The third-order valence-electron chi connectivity index (χ3n) is 4.61. The van der Waals surface area contributed by atoms with Gasteiger partial charge in [-0.2, -0.15) is 13.2 Å². The third-order valence-corrected chi connectivity index (χ3v) is 4.61. The van der Waals surface area contributed by atoms with Crippen molar-refractivity contribution in [3.05, 3.63) is 71.8 Å². The van der Waals surface area contributed by atoms with Crippen LogP contribution < -0.4 is 15.8 Å². The Labute approximate surface area is 178 Å². The minimum absolute atomic E-state index is 0.0380. The van der Waals surface area contributed by atoms with Crippen molar-refractivity contribution >= 4 is 28.6 Å². The minimum atomic E-state index is -4.61. The van der Waals surface area contributed by atoms with Crippen LogP contribution in [0.25, 0.3) is 11.0 Å². The lowest BCUT2D eigenvalue weighted by molar-refractivity contribution is -0.137. The molecule has 11 heteroatoms. The lowest BCUT2D eigenvalue weighted by Gasteiger charge is -2.11. The number of amides is 1. The number of aromatic nitrogens is 3. The first-order valence-corrected chi connectivity index (χ1v) is 9.16. The van der Waals surface area contributed by atoms with Gasteiger partial charge in [-0.05, 0) is 36.4 Å². The number of imidazole rings is 1. The van der Waals surface area contributed by atoms with E-state index in [2.05, 4.69) is 15.3 Å². The molecule has 4 rings (SSSR count). The van der Waals surface area contributed by atoms with Crippen LogP contribution in [0.1, 0.15) is 16.1 Å². The fourth-order valence-electron chi connectivity index (χ4n) is 3.02. The normalized spacial score (nSPS) is 11.5. The number of hydrogen-bond acceptors (Lipinski definition) is 5. The van der Waals surface area contributed by atoms with E-state index in [0.29, 0.717) is 34.7 Å². The number of fused-ring (bicyclic) bond motifs is 1. The van der Waals surface area contributed by atoms with Crippen molar-refractivity contribution in [2.45, 2.75) is 6.18 Å². The molecule has 32 heavy (non-hydrogen) atoms. The molecule has 0 fully saturated rings. The molecule has 3 N–H and O–H groups in total. The molecule has 2 aromatic carbocycles. The number of halogens is 4. The second-order valence-electron chi connectivity index (χ2n) is 6.81. The Hall–Kier alpha value is -4.15. The highest BCUT2D eigenvalue weighted by Gasteiger charge is 2.31. The van der Waals surface area contributed by atoms with Crippen LogP contribution in [-0.2, 0) is 13.2 Å². The van der Waals surface area contributed by atoms with Gasteiger partial charge in [0.2, 0.25) is 5.95 Å². The minimum Gasteiger partial charge on any atom is -0.457 e. The third kappa shape index (κ3) is 4.17. The van der Waals surface area contributed by atoms with Crippen LogP contribution in [0.2, 0.25) is 0 Å². The molecule has 2 aromatic heterocycles. The summed E-state index contributed by atoms with van der Waals surface area (Å²) in [5.74, 6) is -0.706. The predicted molar refractivity (Wildman–Crippen MR) is 108 cm³/mol. The van der Waals surface area contributed by atoms with Crippen LogP contribution in [0.15, 0.2) is 54.7 Å². The first-order chi connectivity index (χ1) is 15.1. The van der Waals surface area contributed by atoms with Gasteiger partial charge in [0, 0.05) is 25.4 Å². The number of primary amides is 1. The maximum Gasteiger partial charge on any atom is 0.416 e. The van der Waals surface area contributed by atoms with Crippen LogP contribution in [0.5, 0.6) is 11.5 Å². The molecule has 0 aliphatic heterocycles. The van der Waals surface area contributed by atoms with Gasteiger partial charge in [0.05, 0.1) is 22.3 Å². The zero-order chi connectivity index (χ0) is 23.0. The number of nitrogens with two attached hydrogens (primary N) is 1. The first-order valence-electron chi connectivity index (χ1n) is 9.16. The summed E-state index contributed by atoms with van der Waals surface area (Å²) in [6.45, 7) is 0. The fraction of sp³-hybridized carbons (Fsp3) is 0.0952. The van der Waals surface area contributed by atoms with Gasteiger partial charge in [-0.3, -0.25) is 9.78 Å². The van der Waals surface area contributed by atoms with E-state index in [1.165, 1.54) is 12.3 Å². The van der Waals surface area contributed by atoms with E-state index in [4.69, 9.17) is 10.5 Å². The summed E-state index contributed by atoms with van der Waals surface area (Å²) in [4.78, 5) is 19.4. The number of aryl methyl sites for hydroxylation is 1. The van der Waals surface area contributed by atoms with Crippen molar-refractivity contribution in [1.29, 1.82) is 0 Å². The van der Waals surface area contributed by atoms with Gasteiger partial charge in [0.1, 0.15) is 23.0 Å². The van der Waals surface area contributed by atoms with Crippen molar-refractivity contribution in [2.75, 3.05) is 5.32 Å². The number of pyridine rings is 1. The number of nitrogens with one attached hydrogen (secondary N) is 1. The van der Waals surface area contributed by atoms with E-state index in [0.717, 1.165) is 6.07 Å². The molecule has 0 aliphatic rings. The molecule has 0 unspecified atom stereocenters. The Kier molecular flexibility index (Phi) is 5.17. The second kappa shape index (κ2) is 7.84. The molecule has 0 bridgehead atoms. The molecular weight excluding hydrogens is 430 g/mol. The van der Waals surface area contributed by atoms with Crippen molar-refractivity contribution in [1.82, 2.24) is 14.5 Å². The van der Waals surface area contributed by atoms with Crippen LogP contribution >= 0.6 is 0 Å². The average molecular weight is 445 g/mol. The Morgan fingerprint density at radius 2 is 1.84 bits per heavy atom. The molecule has 0 aliphatic carbocycles. The van der Waals surface area contributed by atoms with Crippen molar-refractivity contribution in [2.24, 2.45) is 12.8 Å². The van der Waals surface area contributed by atoms with Crippen LogP contribution in [0.4, 0.5) is 29.2 Å². The predicted octanol–water partition coefficient (Wildman–Crippen LogP) is 4.76. The van der Waals surface area contributed by atoms with E-state index >= 15 is 0 Å². The van der Waals surface area contributed by atoms with Gasteiger partial charge in [0.25, 0.3) is 5.91 Å². The quantitative estimate of drug-likeness (QED) is 0.432. The lowest BCUT2D eigenvalue weighted by atomic mass is 10.2. The van der Waals surface area contributed by atoms with Crippen molar-refractivity contribution in [3.8, 4) is 11.5 Å². The molecule has 1 amide bonds. The topological polar surface area (TPSA) is 95.1 Å². The number of hydrogen-bond donors (Lipinski definition) is 2. The number of nitrogens with zero attached hydrogens (tertiary/aromatic N) is 3. The molecule has 0 saturated heterocycles. The fourth-order valence-corrected chi connectivity index (χ4v) is 3.02.